The molecule has 2 aromatic rings. The Hall–Kier alpha value is -2.34. The van der Waals surface area contributed by atoms with E-state index in [0.717, 1.165) is 17.9 Å². The molecule has 0 heterocycles. The highest BCUT2D eigenvalue weighted by Crippen LogP contribution is 2.44. The lowest BCUT2D eigenvalue weighted by molar-refractivity contribution is 0.0923. The lowest BCUT2D eigenvalue weighted by atomic mass is 9.95. The summed E-state index contributed by atoms with van der Waals surface area (Å²) in [6.45, 7) is 1.91. The highest BCUT2D eigenvalue weighted by atomic mass is 32.2. The first kappa shape index (κ1) is 19.0. The molecule has 2 aromatic carbocycles. The molecule has 0 saturated heterocycles. The van der Waals surface area contributed by atoms with E-state index < -0.39 is 10.0 Å². The number of nitrogens with zero attached hydrogens (tertiary/aromatic N) is 1. The number of nitrogens with one attached hydrogen (secondary N) is 1. The fourth-order valence-electron chi connectivity index (χ4n) is 4.61. The van der Waals surface area contributed by atoms with Crippen LogP contribution in [0.15, 0.2) is 53.4 Å². The SMILES string of the molecule is Cc1ccc(S(=O)(=O)N(C)c2ccccc2C(=O)N[C@H]2C[C@H]3CC[C@H]2C3)cc1. The second-order valence-electron chi connectivity index (χ2n) is 8.06. The summed E-state index contributed by atoms with van der Waals surface area (Å²) in [7, 11) is -2.25. The van der Waals surface area contributed by atoms with Crippen molar-refractivity contribution in [3.05, 3.63) is 59.7 Å². The first-order valence-corrected chi connectivity index (χ1v) is 11.3. The van der Waals surface area contributed by atoms with Gasteiger partial charge in [0.15, 0.2) is 0 Å². The van der Waals surface area contributed by atoms with Gasteiger partial charge in [-0.05, 0) is 62.3 Å². The molecule has 2 bridgehead atoms. The Morgan fingerprint density at radius 3 is 2.39 bits per heavy atom. The van der Waals surface area contributed by atoms with E-state index in [4.69, 9.17) is 0 Å². The molecule has 6 heteroatoms. The maximum Gasteiger partial charge on any atom is 0.264 e. The molecule has 0 aromatic heterocycles. The van der Waals surface area contributed by atoms with E-state index in [1.54, 1.807) is 48.5 Å². The van der Waals surface area contributed by atoms with Crippen LogP contribution in [-0.2, 0) is 10.0 Å². The molecule has 0 unspecified atom stereocenters. The average molecular weight is 399 g/mol. The van der Waals surface area contributed by atoms with Gasteiger partial charge in [0.25, 0.3) is 15.9 Å². The van der Waals surface area contributed by atoms with Crippen LogP contribution in [0.1, 0.15) is 41.6 Å². The van der Waals surface area contributed by atoms with Crippen molar-refractivity contribution in [3.63, 3.8) is 0 Å². The number of anilines is 1. The van der Waals surface area contributed by atoms with E-state index in [1.807, 2.05) is 6.92 Å². The number of amides is 1. The van der Waals surface area contributed by atoms with Crippen LogP contribution in [0.4, 0.5) is 5.69 Å². The number of benzene rings is 2. The maximum atomic E-state index is 13.1. The highest BCUT2D eigenvalue weighted by Gasteiger charge is 2.40. The lowest BCUT2D eigenvalue weighted by Gasteiger charge is -2.25. The summed E-state index contributed by atoms with van der Waals surface area (Å²) >= 11 is 0. The van der Waals surface area contributed by atoms with Crippen molar-refractivity contribution >= 4 is 21.6 Å². The summed E-state index contributed by atoms with van der Waals surface area (Å²) in [4.78, 5) is 13.2. The first-order valence-electron chi connectivity index (χ1n) is 9.82. The van der Waals surface area contributed by atoms with Gasteiger partial charge >= 0.3 is 0 Å². The normalized spacial score (nSPS) is 23.6. The van der Waals surface area contributed by atoms with Crippen molar-refractivity contribution in [2.45, 2.75) is 43.5 Å². The molecule has 148 valence electrons. The quantitative estimate of drug-likeness (QED) is 0.834. The molecule has 3 atom stereocenters. The predicted octanol–water partition coefficient (Wildman–Crippen LogP) is 3.74. The van der Waals surface area contributed by atoms with Crippen molar-refractivity contribution in [3.8, 4) is 0 Å². The minimum atomic E-state index is -3.75. The Kier molecular flexibility index (Phi) is 4.91. The van der Waals surface area contributed by atoms with E-state index in [1.165, 1.54) is 30.6 Å². The molecule has 4 rings (SSSR count). The molecule has 5 nitrogen and oxygen atoms in total. The molecule has 0 spiro atoms. The van der Waals surface area contributed by atoms with Crippen molar-refractivity contribution < 1.29 is 13.2 Å². The minimum absolute atomic E-state index is 0.195. The molecule has 1 amide bonds. The molecule has 0 radical (unpaired) electrons. The molecule has 2 aliphatic carbocycles. The summed E-state index contributed by atoms with van der Waals surface area (Å²) in [5.74, 6) is 1.10. The van der Waals surface area contributed by atoms with Gasteiger partial charge in [0, 0.05) is 13.1 Å². The zero-order valence-electron chi connectivity index (χ0n) is 16.3. The highest BCUT2D eigenvalue weighted by molar-refractivity contribution is 7.92. The number of fused-ring (bicyclic) bond motifs is 2. The van der Waals surface area contributed by atoms with Gasteiger partial charge in [-0.1, -0.05) is 36.2 Å². The average Bonchev–Trinajstić information content (AvgIpc) is 3.31. The van der Waals surface area contributed by atoms with Crippen LogP contribution in [0.25, 0.3) is 0 Å². The van der Waals surface area contributed by atoms with Crippen molar-refractivity contribution in [2.24, 2.45) is 11.8 Å². The number of carbonyl (C=O) groups excluding carboxylic acids is 1. The van der Waals surface area contributed by atoms with Gasteiger partial charge in [-0.2, -0.15) is 0 Å². The van der Waals surface area contributed by atoms with Crippen molar-refractivity contribution in [1.82, 2.24) is 5.32 Å². The second kappa shape index (κ2) is 7.24. The maximum absolute atomic E-state index is 13.1. The van der Waals surface area contributed by atoms with E-state index in [2.05, 4.69) is 5.32 Å². The third kappa shape index (κ3) is 3.41. The zero-order chi connectivity index (χ0) is 19.9. The first-order chi connectivity index (χ1) is 13.4. The number of hydrogen-bond donors (Lipinski definition) is 1. The lowest BCUT2D eigenvalue weighted by Crippen LogP contribution is -2.39. The van der Waals surface area contributed by atoms with E-state index in [0.29, 0.717) is 17.2 Å². The van der Waals surface area contributed by atoms with Gasteiger partial charge in [-0.3, -0.25) is 9.10 Å². The number of para-hydroxylation sites is 1. The molecule has 1 N–H and O–H groups in total. The topological polar surface area (TPSA) is 66.5 Å². The van der Waals surface area contributed by atoms with Gasteiger partial charge < -0.3 is 5.32 Å². The number of rotatable bonds is 5. The molecule has 0 aliphatic heterocycles. The van der Waals surface area contributed by atoms with Crippen LogP contribution in [-0.4, -0.2) is 27.4 Å². The van der Waals surface area contributed by atoms with E-state index in [9.17, 15) is 13.2 Å². The largest absolute Gasteiger partial charge is 0.349 e. The van der Waals surface area contributed by atoms with Crippen LogP contribution in [0.3, 0.4) is 0 Å². The predicted molar refractivity (Wildman–Crippen MR) is 110 cm³/mol. The molecule has 2 aliphatic rings. The van der Waals surface area contributed by atoms with Crippen LogP contribution in [0, 0.1) is 18.8 Å². The summed E-state index contributed by atoms with van der Waals surface area (Å²) in [6.07, 6.45) is 4.69. The summed E-state index contributed by atoms with van der Waals surface area (Å²) in [5, 5.41) is 3.16. The van der Waals surface area contributed by atoms with Crippen LogP contribution in [0.2, 0.25) is 0 Å². The van der Waals surface area contributed by atoms with Gasteiger partial charge in [0.05, 0.1) is 16.1 Å². The van der Waals surface area contributed by atoms with Crippen LogP contribution < -0.4 is 9.62 Å². The molecular formula is C22H26N2O3S. The van der Waals surface area contributed by atoms with Crippen LogP contribution in [0.5, 0.6) is 0 Å². The summed E-state index contributed by atoms with van der Waals surface area (Å²) in [6, 6.07) is 13.8. The zero-order valence-corrected chi connectivity index (χ0v) is 17.1. The molecule has 2 fully saturated rings. The molecule has 2 saturated carbocycles. The summed E-state index contributed by atoms with van der Waals surface area (Å²) < 4.78 is 27.3. The third-order valence-electron chi connectivity index (χ3n) is 6.22. The van der Waals surface area contributed by atoms with E-state index in [-0.39, 0.29) is 16.8 Å². The van der Waals surface area contributed by atoms with Crippen molar-refractivity contribution in [2.75, 3.05) is 11.4 Å². The smallest absolute Gasteiger partial charge is 0.264 e. The fraction of sp³-hybridized carbons (Fsp3) is 0.409. The van der Waals surface area contributed by atoms with Gasteiger partial charge in [-0.25, -0.2) is 8.42 Å². The van der Waals surface area contributed by atoms with Gasteiger partial charge in [0.1, 0.15) is 0 Å². The number of aryl methyl sites for hydroxylation is 1. The Labute approximate surface area is 166 Å². The van der Waals surface area contributed by atoms with E-state index >= 15 is 0 Å². The monoisotopic (exact) mass is 398 g/mol. The Morgan fingerprint density at radius 2 is 1.75 bits per heavy atom. The fourth-order valence-corrected chi connectivity index (χ4v) is 5.82. The third-order valence-corrected chi connectivity index (χ3v) is 8.01. The van der Waals surface area contributed by atoms with Gasteiger partial charge in [-0.15, -0.1) is 0 Å². The minimum Gasteiger partial charge on any atom is -0.349 e. The Bertz CT molecular complexity index is 985. The van der Waals surface area contributed by atoms with Gasteiger partial charge in [0.2, 0.25) is 0 Å². The number of sulfonamides is 1. The van der Waals surface area contributed by atoms with Crippen LogP contribution >= 0.6 is 0 Å². The second-order valence-corrected chi connectivity index (χ2v) is 10.0. The number of hydrogen-bond acceptors (Lipinski definition) is 3. The number of carbonyl (C=O) groups is 1. The standard InChI is InChI=1S/C22H26N2O3S/c1-15-7-11-18(12-8-15)28(26,27)24(2)21-6-4-3-5-19(21)22(25)23-20-14-16-9-10-17(20)13-16/h3-8,11-12,16-17,20H,9-10,13-14H2,1-2H3,(H,23,25)/t16-,17-,20-/m0/s1. The molecular weight excluding hydrogens is 372 g/mol. The summed E-state index contributed by atoms with van der Waals surface area (Å²) in [5.41, 5.74) is 1.78. The van der Waals surface area contributed by atoms with Crippen molar-refractivity contribution in [1.29, 1.82) is 0 Å². The Morgan fingerprint density at radius 1 is 1.04 bits per heavy atom. The Balaban J connectivity index is 1.60. The molecule has 28 heavy (non-hydrogen) atoms.